The Morgan fingerprint density at radius 2 is 2.16 bits per heavy atom. The van der Waals surface area contributed by atoms with E-state index in [-0.39, 0.29) is 11.9 Å². The zero-order valence-corrected chi connectivity index (χ0v) is 11.7. The second kappa shape index (κ2) is 5.97. The number of nitrogens with one attached hydrogen (secondary N) is 1. The first-order valence-electron chi connectivity index (χ1n) is 6.58. The minimum Gasteiger partial charge on any atom is -0.335 e. The van der Waals surface area contributed by atoms with Gasteiger partial charge in [0, 0.05) is 31.4 Å². The minimum atomic E-state index is -0.186. The van der Waals surface area contributed by atoms with Gasteiger partial charge < -0.3 is 9.88 Å². The maximum absolute atomic E-state index is 13.5. The van der Waals surface area contributed by atoms with E-state index >= 15 is 0 Å². The molecule has 4 heteroatoms. The largest absolute Gasteiger partial charge is 0.335 e. The van der Waals surface area contributed by atoms with Crippen LogP contribution in [-0.4, -0.2) is 16.6 Å². The Balaban J connectivity index is 2.25. The maximum Gasteiger partial charge on any atom is 0.123 e. The minimum absolute atomic E-state index is 0.0714. The Morgan fingerprint density at radius 3 is 2.79 bits per heavy atom. The lowest BCUT2D eigenvalue weighted by Gasteiger charge is -2.17. The van der Waals surface area contributed by atoms with E-state index in [9.17, 15) is 4.39 Å². The van der Waals surface area contributed by atoms with Crippen LogP contribution in [0.15, 0.2) is 30.6 Å². The Kier molecular flexibility index (Phi) is 4.32. The predicted molar refractivity (Wildman–Crippen MR) is 74.5 cm³/mol. The van der Waals surface area contributed by atoms with Gasteiger partial charge in [-0.15, -0.1) is 0 Å². The highest BCUT2D eigenvalue weighted by Gasteiger charge is 2.14. The molecule has 0 aliphatic rings. The van der Waals surface area contributed by atoms with Crippen molar-refractivity contribution in [3.8, 4) is 0 Å². The third-order valence-corrected chi connectivity index (χ3v) is 3.34. The van der Waals surface area contributed by atoms with Crippen molar-refractivity contribution in [2.45, 2.75) is 32.9 Å². The molecule has 1 N–H and O–H groups in total. The highest BCUT2D eigenvalue weighted by molar-refractivity contribution is 5.27. The lowest BCUT2D eigenvalue weighted by molar-refractivity contribution is 0.545. The van der Waals surface area contributed by atoms with Crippen LogP contribution in [0.2, 0.25) is 0 Å². The second-order valence-electron chi connectivity index (χ2n) is 4.74. The average molecular weight is 261 g/mol. The zero-order chi connectivity index (χ0) is 13.8. The fraction of sp³-hybridized carbons (Fsp3) is 0.400. The van der Waals surface area contributed by atoms with Crippen molar-refractivity contribution in [3.63, 3.8) is 0 Å². The van der Waals surface area contributed by atoms with Crippen LogP contribution in [0.25, 0.3) is 0 Å². The number of benzene rings is 1. The summed E-state index contributed by atoms with van der Waals surface area (Å²) in [7, 11) is 1.89. The van der Waals surface area contributed by atoms with Gasteiger partial charge in [0.25, 0.3) is 0 Å². The molecule has 1 aromatic carbocycles. The van der Waals surface area contributed by atoms with Gasteiger partial charge in [-0.05, 0) is 44.2 Å². The molecule has 0 radical (unpaired) electrons. The van der Waals surface area contributed by atoms with Gasteiger partial charge in [0.05, 0.1) is 0 Å². The summed E-state index contributed by atoms with van der Waals surface area (Å²) in [5, 5.41) is 3.24. The molecular weight excluding hydrogens is 241 g/mol. The van der Waals surface area contributed by atoms with Crippen LogP contribution in [0.5, 0.6) is 0 Å². The number of halogens is 1. The van der Waals surface area contributed by atoms with Gasteiger partial charge >= 0.3 is 0 Å². The molecule has 0 aliphatic heterocycles. The summed E-state index contributed by atoms with van der Waals surface area (Å²) in [5.41, 5.74) is 1.90. The van der Waals surface area contributed by atoms with Gasteiger partial charge in [-0.3, -0.25) is 0 Å². The summed E-state index contributed by atoms with van der Waals surface area (Å²) in [6.07, 6.45) is 4.53. The number of hydrogen-bond acceptors (Lipinski definition) is 2. The van der Waals surface area contributed by atoms with Crippen molar-refractivity contribution in [2.75, 3.05) is 7.05 Å². The van der Waals surface area contributed by atoms with Crippen molar-refractivity contribution in [2.24, 2.45) is 0 Å². The summed E-state index contributed by atoms with van der Waals surface area (Å²) in [5.74, 6) is 0.831. The number of aromatic nitrogens is 2. The molecule has 0 saturated carbocycles. The second-order valence-corrected chi connectivity index (χ2v) is 4.74. The van der Waals surface area contributed by atoms with Crippen LogP contribution in [0.1, 0.15) is 29.9 Å². The smallest absolute Gasteiger partial charge is 0.123 e. The van der Waals surface area contributed by atoms with Crippen LogP contribution >= 0.6 is 0 Å². The number of rotatable bonds is 5. The maximum atomic E-state index is 13.5. The number of aryl methyl sites for hydroxylation is 2. The molecule has 0 spiro atoms. The quantitative estimate of drug-likeness (QED) is 0.897. The molecule has 1 aromatic heterocycles. The van der Waals surface area contributed by atoms with Gasteiger partial charge in [0.1, 0.15) is 11.6 Å². The average Bonchev–Trinajstić information content (AvgIpc) is 2.81. The lowest BCUT2D eigenvalue weighted by Crippen LogP contribution is -2.21. The van der Waals surface area contributed by atoms with Crippen molar-refractivity contribution < 1.29 is 4.39 Å². The van der Waals surface area contributed by atoms with E-state index in [0.717, 1.165) is 29.9 Å². The Labute approximate surface area is 113 Å². The molecule has 1 unspecified atom stereocenters. The van der Waals surface area contributed by atoms with E-state index in [2.05, 4.69) is 21.8 Å². The van der Waals surface area contributed by atoms with Crippen molar-refractivity contribution >= 4 is 0 Å². The Bertz CT molecular complexity index is 528. The zero-order valence-electron chi connectivity index (χ0n) is 11.7. The summed E-state index contributed by atoms with van der Waals surface area (Å²) < 4.78 is 15.6. The molecule has 3 nitrogen and oxygen atoms in total. The van der Waals surface area contributed by atoms with E-state index in [1.807, 2.05) is 32.4 Å². The molecule has 1 atom stereocenters. The van der Waals surface area contributed by atoms with Crippen molar-refractivity contribution in [3.05, 3.63) is 53.4 Å². The van der Waals surface area contributed by atoms with E-state index in [1.165, 1.54) is 0 Å². The molecule has 0 bridgehead atoms. The third-order valence-electron chi connectivity index (χ3n) is 3.34. The molecule has 0 aliphatic carbocycles. The normalized spacial score (nSPS) is 12.6. The van der Waals surface area contributed by atoms with Crippen LogP contribution in [0.3, 0.4) is 0 Å². The number of nitrogens with zero attached hydrogens (tertiary/aromatic N) is 2. The van der Waals surface area contributed by atoms with Gasteiger partial charge in [0.2, 0.25) is 0 Å². The van der Waals surface area contributed by atoms with Gasteiger partial charge in [-0.2, -0.15) is 0 Å². The van der Waals surface area contributed by atoms with Gasteiger partial charge in [-0.25, -0.2) is 9.37 Å². The number of imidazole rings is 1. The topological polar surface area (TPSA) is 29.9 Å². The highest BCUT2D eigenvalue weighted by Crippen LogP contribution is 2.20. The van der Waals surface area contributed by atoms with E-state index in [4.69, 9.17) is 0 Å². The van der Waals surface area contributed by atoms with Crippen LogP contribution in [0.4, 0.5) is 4.39 Å². The number of hydrogen-bond donors (Lipinski definition) is 1. The Hall–Kier alpha value is -1.68. The van der Waals surface area contributed by atoms with Crippen LogP contribution in [0, 0.1) is 12.7 Å². The summed E-state index contributed by atoms with van der Waals surface area (Å²) >= 11 is 0. The fourth-order valence-electron chi connectivity index (χ4n) is 2.35. The summed E-state index contributed by atoms with van der Waals surface area (Å²) in [4.78, 5) is 4.37. The molecule has 2 rings (SSSR count). The van der Waals surface area contributed by atoms with Gasteiger partial charge in [-0.1, -0.05) is 6.07 Å². The number of likely N-dealkylation sites (N-methyl/N-ethyl adjacent to an activating group) is 1. The van der Waals surface area contributed by atoms with Gasteiger partial charge in [0.15, 0.2) is 0 Å². The van der Waals surface area contributed by atoms with Crippen molar-refractivity contribution in [1.29, 1.82) is 0 Å². The molecule has 0 saturated heterocycles. The molecule has 0 fully saturated rings. The lowest BCUT2D eigenvalue weighted by atomic mass is 10.0. The van der Waals surface area contributed by atoms with E-state index < -0.39 is 0 Å². The molecule has 0 amide bonds. The van der Waals surface area contributed by atoms with E-state index in [1.54, 1.807) is 12.1 Å². The first-order valence-corrected chi connectivity index (χ1v) is 6.58. The fourth-order valence-corrected chi connectivity index (χ4v) is 2.35. The molecule has 102 valence electrons. The predicted octanol–water partition coefficient (Wildman–Crippen LogP) is 2.85. The monoisotopic (exact) mass is 261 g/mol. The highest BCUT2D eigenvalue weighted by atomic mass is 19.1. The molecule has 2 aromatic rings. The first kappa shape index (κ1) is 13.7. The van der Waals surface area contributed by atoms with E-state index in [0.29, 0.717) is 0 Å². The summed E-state index contributed by atoms with van der Waals surface area (Å²) in [6, 6.07) is 5.22. The van der Waals surface area contributed by atoms with Crippen LogP contribution in [-0.2, 0) is 13.0 Å². The molecule has 19 heavy (non-hydrogen) atoms. The van der Waals surface area contributed by atoms with Crippen LogP contribution < -0.4 is 5.32 Å². The third kappa shape index (κ3) is 3.20. The standard InChI is InChI=1S/C15H20FN3/c1-4-19-6-5-18-15(19)10-14(17-3)12-7-11(2)8-13(16)9-12/h5-9,14,17H,4,10H2,1-3H3. The SMILES string of the molecule is CCn1ccnc1CC(NC)c1cc(C)cc(F)c1. The molecular formula is C15H20FN3. The molecule has 1 heterocycles. The summed E-state index contributed by atoms with van der Waals surface area (Å²) in [6.45, 7) is 4.89. The first-order chi connectivity index (χ1) is 9.13. The van der Waals surface area contributed by atoms with Crippen molar-refractivity contribution in [1.82, 2.24) is 14.9 Å². The Morgan fingerprint density at radius 1 is 1.37 bits per heavy atom.